The number of rotatable bonds is 3. The van der Waals surface area contributed by atoms with Crippen LogP contribution in [0, 0.1) is 0 Å². The maximum absolute atomic E-state index is 12.3. The Kier molecular flexibility index (Phi) is 3.97. The standard InChI is InChI=1S/C22H16O8/c23-9-18-21(13-4-2-11(25)8-17(13)28-18)29-15-6-5-14-19(20(15)26)12-3-1-10(24)7-16(12)30-22(14)27/h1-8,18,21,23-26H,9H2. The third kappa shape index (κ3) is 2.69. The van der Waals surface area contributed by atoms with Crippen molar-refractivity contribution in [3.63, 3.8) is 0 Å². The molecular weight excluding hydrogens is 392 g/mol. The summed E-state index contributed by atoms with van der Waals surface area (Å²) >= 11 is 0. The van der Waals surface area contributed by atoms with Crippen LogP contribution < -0.4 is 15.1 Å². The fourth-order valence-corrected chi connectivity index (χ4v) is 3.76. The Hall–Kier alpha value is -3.91. The second-order valence-corrected chi connectivity index (χ2v) is 7.00. The van der Waals surface area contributed by atoms with Crippen LogP contribution in [0.15, 0.2) is 57.7 Å². The van der Waals surface area contributed by atoms with Crippen LogP contribution in [0.2, 0.25) is 0 Å². The van der Waals surface area contributed by atoms with Crippen molar-refractivity contribution in [1.29, 1.82) is 0 Å². The molecular formula is C22H16O8. The first kappa shape index (κ1) is 18.1. The maximum atomic E-state index is 12.3. The highest BCUT2D eigenvalue weighted by Crippen LogP contribution is 2.45. The van der Waals surface area contributed by atoms with Gasteiger partial charge < -0.3 is 34.3 Å². The molecule has 1 aromatic heterocycles. The molecule has 3 aromatic carbocycles. The second kappa shape index (κ2) is 6.57. The molecule has 2 heterocycles. The molecule has 152 valence electrons. The average molecular weight is 408 g/mol. The zero-order chi connectivity index (χ0) is 21.0. The van der Waals surface area contributed by atoms with Crippen LogP contribution in [0.4, 0.5) is 0 Å². The Labute approximate surface area is 168 Å². The zero-order valence-corrected chi connectivity index (χ0v) is 15.4. The molecule has 0 saturated heterocycles. The van der Waals surface area contributed by atoms with Gasteiger partial charge in [0.2, 0.25) is 0 Å². The highest BCUT2D eigenvalue weighted by Gasteiger charge is 2.37. The van der Waals surface area contributed by atoms with E-state index in [4.69, 9.17) is 13.9 Å². The van der Waals surface area contributed by atoms with E-state index in [2.05, 4.69) is 0 Å². The van der Waals surface area contributed by atoms with E-state index < -0.39 is 17.8 Å². The van der Waals surface area contributed by atoms with Gasteiger partial charge in [0.05, 0.1) is 12.0 Å². The van der Waals surface area contributed by atoms with Gasteiger partial charge in [-0.3, -0.25) is 0 Å². The van der Waals surface area contributed by atoms with Crippen molar-refractivity contribution in [2.24, 2.45) is 0 Å². The molecule has 8 heteroatoms. The molecule has 30 heavy (non-hydrogen) atoms. The average Bonchev–Trinajstić information content (AvgIpc) is 3.06. The minimum Gasteiger partial charge on any atom is -0.508 e. The number of aliphatic hydroxyl groups is 1. The van der Waals surface area contributed by atoms with E-state index in [1.807, 2.05) is 0 Å². The summed E-state index contributed by atoms with van der Waals surface area (Å²) < 4.78 is 16.9. The molecule has 2 atom stereocenters. The topological polar surface area (TPSA) is 130 Å². The van der Waals surface area contributed by atoms with Crippen LogP contribution >= 0.6 is 0 Å². The number of phenolic OH excluding ortho intramolecular Hbond substituents is 3. The van der Waals surface area contributed by atoms with E-state index in [1.165, 1.54) is 42.5 Å². The third-order valence-corrected chi connectivity index (χ3v) is 5.15. The number of hydrogen-bond donors (Lipinski definition) is 4. The molecule has 0 radical (unpaired) electrons. The molecule has 0 aliphatic carbocycles. The zero-order valence-electron chi connectivity index (χ0n) is 15.4. The predicted molar refractivity (Wildman–Crippen MR) is 106 cm³/mol. The summed E-state index contributed by atoms with van der Waals surface area (Å²) in [4.78, 5) is 12.3. The molecule has 0 fully saturated rings. The number of hydrogen-bond acceptors (Lipinski definition) is 8. The molecule has 1 aliphatic rings. The van der Waals surface area contributed by atoms with Crippen LogP contribution in [-0.4, -0.2) is 33.1 Å². The van der Waals surface area contributed by atoms with E-state index in [-0.39, 0.29) is 46.0 Å². The maximum Gasteiger partial charge on any atom is 0.344 e. The quantitative estimate of drug-likeness (QED) is 0.301. The number of aromatic hydroxyl groups is 3. The van der Waals surface area contributed by atoms with E-state index in [1.54, 1.807) is 6.07 Å². The van der Waals surface area contributed by atoms with Crippen molar-refractivity contribution in [2.75, 3.05) is 6.61 Å². The largest absolute Gasteiger partial charge is 0.508 e. The Bertz CT molecular complexity index is 1360. The summed E-state index contributed by atoms with van der Waals surface area (Å²) in [5, 5.41) is 40.8. The monoisotopic (exact) mass is 408 g/mol. The summed E-state index contributed by atoms with van der Waals surface area (Å²) in [6.45, 7) is -0.347. The van der Waals surface area contributed by atoms with E-state index >= 15 is 0 Å². The first-order valence-electron chi connectivity index (χ1n) is 9.15. The molecule has 0 spiro atoms. The van der Waals surface area contributed by atoms with Crippen LogP contribution in [0.25, 0.3) is 21.7 Å². The first-order chi connectivity index (χ1) is 14.5. The molecule has 5 rings (SSSR count). The molecule has 8 nitrogen and oxygen atoms in total. The minimum atomic E-state index is -0.746. The molecule has 4 N–H and O–H groups in total. The Balaban J connectivity index is 1.66. The lowest BCUT2D eigenvalue weighted by molar-refractivity contribution is 0.0405. The van der Waals surface area contributed by atoms with Crippen molar-refractivity contribution in [1.82, 2.24) is 0 Å². The number of ether oxygens (including phenoxy) is 2. The lowest BCUT2D eigenvalue weighted by Gasteiger charge is -2.20. The van der Waals surface area contributed by atoms with Crippen molar-refractivity contribution in [2.45, 2.75) is 12.2 Å². The summed E-state index contributed by atoms with van der Waals surface area (Å²) in [5.74, 6) is 0.114. The van der Waals surface area contributed by atoms with E-state index in [0.717, 1.165) is 0 Å². The van der Waals surface area contributed by atoms with Crippen molar-refractivity contribution in [3.05, 3.63) is 64.5 Å². The van der Waals surface area contributed by atoms with Gasteiger partial charge in [0, 0.05) is 28.5 Å². The minimum absolute atomic E-state index is 0.0149. The molecule has 1 aliphatic heterocycles. The third-order valence-electron chi connectivity index (χ3n) is 5.15. The van der Waals surface area contributed by atoms with Gasteiger partial charge in [0.15, 0.2) is 23.7 Å². The molecule has 0 saturated carbocycles. The highest BCUT2D eigenvalue weighted by molar-refractivity contribution is 6.08. The smallest absolute Gasteiger partial charge is 0.344 e. The second-order valence-electron chi connectivity index (χ2n) is 7.00. The van der Waals surface area contributed by atoms with Crippen LogP contribution in [0.3, 0.4) is 0 Å². The van der Waals surface area contributed by atoms with Gasteiger partial charge in [0.1, 0.15) is 22.8 Å². The van der Waals surface area contributed by atoms with Gasteiger partial charge >= 0.3 is 5.63 Å². The van der Waals surface area contributed by atoms with Crippen LogP contribution in [0.1, 0.15) is 11.7 Å². The van der Waals surface area contributed by atoms with E-state index in [9.17, 15) is 25.2 Å². The summed E-state index contributed by atoms with van der Waals surface area (Å²) in [7, 11) is 0. The van der Waals surface area contributed by atoms with Crippen LogP contribution in [0.5, 0.6) is 28.7 Å². The Morgan fingerprint density at radius 3 is 2.47 bits per heavy atom. The predicted octanol–water partition coefficient (Wildman–Crippen LogP) is 2.94. The lowest BCUT2D eigenvalue weighted by atomic mass is 10.0. The fourth-order valence-electron chi connectivity index (χ4n) is 3.76. The number of benzene rings is 3. The van der Waals surface area contributed by atoms with Crippen molar-refractivity contribution >= 4 is 21.7 Å². The van der Waals surface area contributed by atoms with Gasteiger partial charge in [0.25, 0.3) is 0 Å². The number of fused-ring (bicyclic) bond motifs is 4. The normalized spacial score (nSPS) is 17.8. The summed E-state index contributed by atoms with van der Waals surface area (Å²) in [5.41, 5.74) is 0.0649. The summed E-state index contributed by atoms with van der Waals surface area (Å²) in [6, 6.07) is 11.7. The van der Waals surface area contributed by atoms with Gasteiger partial charge in [-0.2, -0.15) is 0 Å². The molecule has 0 amide bonds. The number of phenols is 3. The van der Waals surface area contributed by atoms with Gasteiger partial charge in [-0.05, 0) is 36.4 Å². The highest BCUT2D eigenvalue weighted by atomic mass is 16.6. The van der Waals surface area contributed by atoms with E-state index in [0.29, 0.717) is 16.7 Å². The fraction of sp³-hybridized carbons (Fsp3) is 0.136. The molecule has 0 bridgehead atoms. The van der Waals surface area contributed by atoms with Crippen molar-refractivity contribution < 1.29 is 34.3 Å². The molecule has 4 aromatic rings. The van der Waals surface area contributed by atoms with Gasteiger partial charge in [-0.25, -0.2) is 4.79 Å². The van der Waals surface area contributed by atoms with Crippen LogP contribution in [-0.2, 0) is 0 Å². The molecule has 2 unspecified atom stereocenters. The SMILES string of the molecule is O=c1oc2cc(O)ccc2c2c(O)c(OC3c4ccc(O)cc4OC3CO)ccc12. The van der Waals surface area contributed by atoms with Gasteiger partial charge in [-0.1, -0.05) is 0 Å². The Morgan fingerprint density at radius 2 is 1.67 bits per heavy atom. The van der Waals surface area contributed by atoms with Gasteiger partial charge in [-0.15, -0.1) is 0 Å². The lowest BCUT2D eigenvalue weighted by Crippen LogP contribution is -2.26. The Morgan fingerprint density at radius 1 is 0.933 bits per heavy atom. The summed E-state index contributed by atoms with van der Waals surface area (Å²) in [6.07, 6.45) is -1.49. The van der Waals surface area contributed by atoms with Crippen molar-refractivity contribution in [3.8, 4) is 28.7 Å². The number of aliphatic hydroxyl groups excluding tert-OH is 1. The first-order valence-corrected chi connectivity index (χ1v) is 9.15.